The standard InChI is InChI=1S/C13H7FN2O2/c14-9-5-1-2-6-10(9)16-12(17)8-4-3-7-15-11(8)13(16)18/h1-7H. The van der Waals surface area contributed by atoms with Crippen molar-refractivity contribution in [3.8, 4) is 0 Å². The number of para-hydroxylation sites is 1. The average Bonchev–Trinajstić information content (AvgIpc) is 2.64. The van der Waals surface area contributed by atoms with Gasteiger partial charge in [-0.2, -0.15) is 0 Å². The maximum absolute atomic E-state index is 13.6. The van der Waals surface area contributed by atoms with E-state index in [-0.39, 0.29) is 16.9 Å². The van der Waals surface area contributed by atoms with Crippen molar-refractivity contribution in [3.05, 3.63) is 59.7 Å². The maximum Gasteiger partial charge on any atom is 0.284 e. The highest BCUT2D eigenvalue weighted by atomic mass is 19.1. The van der Waals surface area contributed by atoms with Crippen LogP contribution in [-0.4, -0.2) is 16.8 Å². The van der Waals surface area contributed by atoms with Crippen molar-refractivity contribution < 1.29 is 14.0 Å². The van der Waals surface area contributed by atoms with Crippen LogP contribution < -0.4 is 4.90 Å². The Kier molecular flexibility index (Phi) is 2.19. The van der Waals surface area contributed by atoms with Gasteiger partial charge in [0.1, 0.15) is 11.5 Å². The first kappa shape index (κ1) is 10.6. The molecule has 0 N–H and O–H groups in total. The number of imide groups is 1. The Morgan fingerprint density at radius 2 is 1.78 bits per heavy atom. The van der Waals surface area contributed by atoms with Crippen LogP contribution in [0.2, 0.25) is 0 Å². The summed E-state index contributed by atoms with van der Waals surface area (Å²) in [6.07, 6.45) is 1.43. The van der Waals surface area contributed by atoms with E-state index in [1.165, 1.54) is 30.5 Å². The zero-order valence-electron chi connectivity index (χ0n) is 9.13. The molecule has 0 fully saturated rings. The second-order valence-corrected chi connectivity index (χ2v) is 3.80. The van der Waals surface area contributed by atoms with Crippen molar-refractivity contribution in [1.29, 1.82) is 0 Å². The third kappa shape index (κ3) is 1.34. The fourth-order valence-electron chi connectivity index (χ4n) is 1.92. The lowest BCUT2D eigenvalue weighted by molar-refractivity contribution is 0.0923. The molecule has 3 rings (SSSR count). The van der Waals surface area contributed by atoms with Crippen LogP contribution in [0.3, 0.4) is 0 Å². The molecule has 0 unspecified atom stereocenters. The van der Waals surface area contributed by atoms with Crippen LogP contribution in [0, 0.1) is 5.82 Å². The van der Waals surface area contributed by atoms with Gasteiger partial charge < -0.3 is 0 Å². The lowest BCUT2D eigenvalue weighted by Crippen LogP contribution is -2.30. The van der Waals surface area contributed by atoms with Crippen LogP contribution in [-0.2, 0) is 0 Å². The maximum atomic E-state index is 13.6. The first-order chi connectivity index (χ1) is 8.70. The molecule has 0 aliphatic carbocycles. The van der Waals surface area contributed by atoms with Crippen LogP contribution in [0.4, 0.5) is 10.1 Å². The highest BCUT2D eigenvalue weighted by molar-refractivity contribution is 6.33. The van der Waals surface area contributed by atoms with Gasteiger partial charge in [0.25, 0.3) is 11.8 Å². The lowest BCUT2D eigenvalue weighted by Gasteiger charge is -2.13. The molecule has 1 aliphatic rings. The number of benzene rings is 1. The largest absolute Gasteiger partial charge is 0.284 e. The van der Waals surface area contributed by atoms with Crippen molar-refractivity contribution in [3.63, 3.8) is 0 Å². The summed E-state index contributed by atoms with van der Waals surface area (Å²) in [7, 11) is 0. The molecular weight excluding hydrogens is 235 g/mol. The Bertz CT molecular complexity index is 635. The summed E-state index contributed by atoms with van der Waals surface area (Å²) in [5.41, 5.74) is 0.210. The molecule has 0 saturated heterocycles. The number of carbonyl (C=O) groups is 2. The zero-order valence-corrected chi connectivity index (χ0v) is 9.13. The fourth-order valence-corrected chi connectivity index (χ4v) is 1.92. The fraction of sp³-hybridized carbons (Fsp3) is 0. The molecule has 2 heterocycles. The number of carbonyl (C=O) groups excluding carboxylic acids is 2. The highest BCUT2D eigenvalue weighted by Gasteiger charge is 2.38. The normalized spacial score (nSPS) is 13.9. The third-order valence-corrected chi connectivity index (χ3v) is 2.74. The van der Waals surface area contributed by atoms with Crippen LogP contribution in [0.15, 0.2) is 42.6 Å². The van der Waals surface area contributed by atoms with Gasteiger partial charge in [-0.25, -0.2) is 9.29 Å². The molecule has 0 spiro atoms. The van der Waals surface area contributed by atoms with Crippen molar-refractivity contribution in [2.24, 2.45) is 0 Å². The van der Waals surface area contributed by atoms with Gasteiger partial charge in [-0.3, -0.25) is 14.6 Å². The van der Waals surface area contributed by atoms with Crippen molar-refractivity contribution in [1.82, 2.24) is 4.98 Å². The number of nitrogens with zero attached hydrogens (tertiary/aromatic N) is 2. The Labute approximate surface area is 102 Å². The van der Waals surface area contributed by atoms with E-state index in [9.17, 15) is 14.0 Å². The van der Waals surface area contributed by atoms with Crippen LogP contribution in [0.1, 0.15) is 20.8 Å². The smallest absolute Gasteiger partial charge is 0.268 e. The molecule has 1 aromatic carbocycles. The average molecular weight is 242 g/mol. The topological polar surface area (TPSA) is 50.3 Å². The molecule has 0 saturated carbocycles. The molecule has 0 atom stereocenters. The number of anilines is 1. The van der Waals surface area contributed by atoms with Crippen molar-refractivity contribution in [2.75, 3.05) is 4.90 Å². The summed E-state index contributed by atoms with van der Waals surface area (Å²) >= 11 is 0. The number of hydrogen-bond donors (Lipinski definition) is 0. The van der Waals surface area contributed by atoms with Gasteiger partial charge in [0.15, 0.2) is 0 Å². The third-order valence-electron chi connectivity index (χ3n) is 2.74. The molecule has 1 aromatic heterocycles. The molecule has 1 aliphatic heterocycles. The Morgan fingerprint density at radius 3 is 2.50 bits per heavy atom. The number of halogens is 1. The van der Waals surface area contributed by atoms with Crippen molar-refractivity contribution >= 4 is 17.5 Å². The van der Waals surface area contributed by atoms with E-state index < -0.39 is 17.6 Å². The molecule has 0 radical (unpaired) electrons. The number of fused-ring (bicyclic) bond motifs is 1. The second-order valence-electron chi connectivity index (χ2n) is 3.80. The number of amides is 2. The van der Waals surface area contributed by atoms with Gasteiger partial charge in [-0.15, -0.1) is 0 Å². The molecule has 88 valence electrons. The Balaban J connectivity index is 2.16. The molecular formula is C13H7FN2O2. The Hall–Kier alpha value is -2.56. The van der Waals surface area contributed by atoms with E-state index in [0.29, 0.717) is 0 Å². The summed E-state index contributed by atoms with van der Waals surface area (Å²) in [5, 5.41) is 0. The minimum absolute atomic E-state index is 0.0505. The summed E-state index contributed by atoms with van der Waals surface area (Å²) in [6, 6.07) is 8.71. The molecule has 5 heteroatoms. The van der Waals surface area contributed by atoms with E-state index in [2.05, 4.69) is 4.98 Å². The van der Waals surface area contributed by atoms with Crippen molar-refractivity contribution in [2.45, 2.75) is 0 Å². The van der Waals surface area contributed by atoms with Gasteiger partial charge in [0.2, 0.25) is 0 Å². The zero-order chi connectivity index (χ0) is 12.7. The summed E-state index contributed by atoms with van der Waals surface area (Å²) in [4.78, 5) is 28.8. The summed E-state index contributed by atoms with van der Waals surface area (Å²) in [6.45, 7) is 0. The highest BCUT2D eigenvalue weighted by Crippen LogP contribution is 2.28. The monoisotopic (exact) mass is 242 g/mol. The van der Waals surface area contributed by atoms with Crippen LogP contribution in [0.5, 0.6) is 0 Å². The quantitative estimate of drug-likeness (QED) is 0.719. The van der Waals surface area contributed by atoms with E-state index >= 15 is 0 Å². The second kappa shape index (κ2) is 3.73. The first-order valence-corrected chi connectivity index (χ1v) is 5.28. The number of aromatic nitrogens is 1. The summed E-state index contributed by atoms with van der Waals surface area (Å²) < 4.78 is 13.6. The minimum atomic E-state index is -0.619. The molecule has 4 nitrogen and oxygen atoms in total. The van der Waals surface area contributed by atoms with Crippen LogP contribution >= 0.6 is 0 Å². The first-order valence-electron chi connectivity index (χ1n) is 5.28. The summed E-state index contributed by atoms with van der Waals surface area (Å²) in [5.74, 6) is -1.76. The molecule has 0 bridgehead atoms. The van der Waals surface area contributed by atoms with E-state index in [0.717, 1.165) is 4.90 Å². The van der Waals surface area contributed by atoms with E-state index in [1.807, 2.05) is 0 Å². The molecule has 2 amide bonds. The van der Waals surface area contributed by atoms with Gasteiger partial charge in [-0.05, 0) is 24.3 Å². The number of hydrogen-bond acceptors (Lipinski definition) is 3. The van der Waals surface area contributed by atoms with Gasteiger partial charge in [0.05, 0.1) is 11.3 Å². The predicted octanol–water partition coefficient (Wildman–Crippen LogP) is 2.02. The number of pyridine rings is 1. The lowest BCUT2D eigenvalue weighted by atomic mass is 10.2. The van der Waals surface area contributed by atoms with Gasteiger partial charge in [-0.1, -0.05) is 12.1 Å². The van der Waals surface area contributed by atoms with Crippen LogP contribution in [0.25, 0.3) is 0 Å². The minimum Gasteiger partial charge on any atom is -0.268 e. The van der Waals surface area contributed by atoms with E-state index in [4.69, 9.17) is 0 Å². The number of rotatable bonds is 1. The van der Waals surface area contributed by atoms with Gasteiger partial charge in [0, 0.05) is 6.20 Å². The molecule has 18 heavy (non-hydrogen) atoms. The van der Waals surface area contributed by atoms with E-state index in [1.54, 1.807) is 12.1 Å². The van der Waals surface area contributed by atoms with Gasteiger partial charge >= 0.3 is 0 Å². The Morgan fingerprint density at radius 1 is 1.00 bits per heavy atom. The SMILES string of the molecule is O=C1c2cccnc2C(=O)N1c1ccccc1F. The predicted molar refractivity (Wildman–Crippen MR) is 61.8 cm³/mol. The molecule has 2 aromatic rings.